The third-order valence-corrected chi connectivity index (χ3v) is 5.11. The fraction of sp³-hybridized carbons (Fsp3) is 0.167. The zero-order valence-corrected chi connectivity index (χ0v) is 17.2. The van der Waals surface area contributed by atoms with E-state index in [2.05, 4.69) is 52.3 Å². The summed E-state index contributed by atoms with van der Waals surface area (Å²) < 4.78 is 12.7. The van der Waals surface area contributed by atoms with Crippen molar-refractivity contribution in [3.63, 3.8) is 0 Å². The number of fused-ring (bicyclic) bond motifs is 3. The molecule has 1 aromatic heterocycles. The van der Waals surface area contributed by atoms with Crippen LogP contribution in [0.25, 0.3) is 21.8 Å². The second kappa shape index (κ2) is 8.29. The van der Waals surface area contributed by atoms with Gasteiger partial charge in [-0.3, -0.25) is 4.79 Å². The van der Waals surface area contributed by atoms with Gasteiger partial charge in [-0.2, -0.15) is 5.10 Å². The van der Waals surface area contributed by atoms with E-state index in [9.17, 15) is 4.79 Å². The third-order valence-electron chi connectivity index (χ3n) is 5.11. The van der Waals surface area contributed by atoms with E-state index in [1.807, 2.05) is 12.1 Å². The Hall–Kier alpha value is -3.80. The molecule has 4 rings (SSSR count). The second-order valence-electron chi connectivity index (χ2n) is 6.84. The van der Waals surface area contributed by atoms with Crippen LogP contribution >= 0.6 is 0 Å². The highest BCUT2D eigenvalue weighted by Crippen LogP contribution is 2.29. The minimum absolute atomic E-state index is 0.341. The lowest BCUT2D eigenvalue weighted by Crippen LogP contribution is -2.17. The minimum Gasteiger partial charge on any atom is -0.497 e. The lowest BCUT2D eigenvalue weighted by Gasteiger charge is -2.07. The molecule has 1 heterocycles. The summed E-state index contributed by atoms with van der Waals surface area (Å²) in [6, 6.07) is 19.5. The van der Waals surface area contributed by atoms with E-state index >= 15 is 0 Å². The molecule has 152 valence electrons. The van der Waals surface area contributed by atoms with Gasteiger partial charge in [0.1, 0.15) is 11.5 Å². The van der Waals surface area contributed by atoms with E-state index in [-0.39, 0.29) is 5.91 Å². The van der Waals surface area contributed by atoms with Gasteiger partial charge >= 0.3 is 0 Å². The highest BCUT2D eigenvalue weighted by atomic mass is 16.5. The van der Waals surface area contributed by atoms with Crippen LogP contribution in [0.4, 0.5) is 0 Å². The normalized spacial score (nSPS) is 11.3. The molecule has 30 heavy (non-hydrogen) atoms. The Balaban J connectivity index is 1.59. The highest BCUT2D eigenvalue weighted by molar-refractivity contribution is 6.09. The summed E-state index contributed by atoms with van der Waals surface area (Å²) in [6.45, 7) is 3.04. The van der Waals surface area contributed by atoms with Gasteiger partial charge in [0, 0.05) is 40.0 Å². The van der Waals surface area contributed by atoms with Crippen molar-refractivity contribution in [2.45, 2.75) is 13.5 Å². The van der Waals surface area contributed by atoms with E-state index < -0.39 is 0 Å². The molecule has 6 nitrogen and oxygen atoms in total. The van der Waals surface area contributed by atoms with Crippen molar-refractivity contribution in [3.8, 4) is 11.5 Å². The standard InChI is InChI=1S/C24H23N3O3/c1-4-27-22-8-6-5-7-20(22)21-11-16(9-10-23(21)27)15-25-26-24(28)17-12-18(29-2)14-19(13-17)30-3/h5-15H,4H2,1-3H3,(H,26,28)/b25-15-. The number of para-hydroxylation sites is 1. The number of hydrogen-bond donors (Lipinski definition) is 1. The van der Waals surface area contributed by atoms with Crippen LogP contribution in [0, 0.1) is 0 Å². The molecule has 0 fully saturated rings. The van der Waals surface area contributed by atoms with Gasteiger partial charge in [0.05, 0.1) is 20.4 Å². The first-order valence-corrected chi connectivity index (χ1v) is 9.72. The van der Waals surface area contributed by atoms with E-state index in [4.69, 9.17) is 9.47 Å². The molecule has 0 aliphatic carbocycles. The van der Waals surface area contributed by atoms with Crippen LogP contribution in [0.1, 0.15) is 22.8 Å². The first kappa shape index (κ1) is 19.5. The number of hydrogen-bond acceptors (Lipinski definition) is 4. The number of hydrazone groups is 1. The predicted molar refractivity (Wildman–Crippen MR) is 120 cm³/mol. The molecule has 4 aromatic rings. The van der Waals surface area contributed by atoms with E-state index in [0.717, 1.165) is 12.1 Å². The number of carbonyl (C=O) groups is 1. The molecular formula is C24H23N3O3. The molecular weight excluding hydrogens is 378 g/mol. The maximum atomic E-state index is 12.5. The van der Waals surface area contributed by atoms with Crippen molar-refractivity contribution in [3.05, 3.63) is 71.8 Å². The van der Waals surface area contributed by atoms with Crippen molar-refractivity contribution < 1.29 is 14.3 Å². The Kier molecular flexibility index (Phi) is 5.39. The maximum absolute atomic E-state index is 12.5. The van der Waals surface area contributed by atoms with Crippen molar-refractivity contribution >= 4 is 33.9 Å². The number of nitrogens with one attached hydrogen (secondary N) is 1. The quantitative estimate of drug-likeness (QED) is 0.379. The maximum Gasteiger partial charge on any atom is 0.271 e. The van der Waals surface area contributed by atoms with Crippen molar-refractivity contribution in [2.24, 2.45) is 5.10 Å². The molecule has 1 N–H and O–H groups in total. The first-order valence-electron chi connectivity index (χ1n) is 9.72. The lowest BCUT2D eigenvalue weighted by atomic mass is 10.1. The average molecular weight is 401 g/mol. The summed E-state index contributed by atoms with van der Waals surface area (Å²) >= 11 is 0. The van der Waals surface area contributed by atoms with Crippen LogP contribution in [0.5, 0.6) is 11.5 Å². The fourth-order valence-corrected chi connectivity index (χ4v) is 3.66. The van der Waals surface area contributed by atoms with Gasteiger partial charge in [-0.25, -0.2) is 5.43 Å². The molecule has 0 saturated carbocycles. The second-order valence-corrected chi connectivity index (χ2v) is 6.84. The van der Waals surface area contributed by atoms with Crippen molar-refractivity contribution in [1.29, 1.82) is 0 Å². The summed E-state index contributed by atoms with van der Waals surface area (Å²) in [5.74, 6) is 0.745. The minimum atomic E-state index is -0.341. The van der Waals surface area contributed by atoms with Crippen LogP contribution < -0.4 is 14.9 Å². The lowest BCUT2D eigenvalue weighted by molar-refractivity contribution is 0.0954. The molecule has 1 amide bonds. The molecule has 0 saturated heterocycles. The fourth-order valence-electron chi connectivity index (χ4n) is 3.66. The topological polar surface area (TPSA) is 64.9 Å². The van der Waals surface area contributed by atoms with Gasteiger partial charge in [-0.1, -0.05) is 24.3 Å². The SMILES string of the molecule is CCn1c2ccccc2c2cc(/C=N\NC(=O)c3cc(OC)cc(OC)c3)ccc21. The number of aromatic nitrogens is 1. The average Bonchev–Trinajstić information content (AvgIpc) is 3.11. The van der Waals surface area contributed by atoms with Crippen LogP contribution in [0.15, 0.2) is 65.8 Å². The Morgan fingerprint density at radius 3 is 2.37 bits per heavy atom. The predicted octanol–water partition coefficient (Wildman–Crippen LogP) is 4.60. The highest BCUT2D eigenvalue weighted by Gasteiger charge is 2.10. The van der Waals surface area contributed by atoms with Gasteiger partial charge in [-0.05, 0) is 42.8 Å². The summed E-state index contributed by atoms with van der Waals surface area (Å²) in [4.78, 5) is 12.5. The largest absolute Gasteiger partial charge is 0.497 e. The number of rotatable bonds is 6. The van der Waals surface area contributed by atoms with E-state index in [1.165, 1.54) is 21.8 Å². The number of methoxy groups -OCH3 is 2. The number of benzene rings is 3. The Labute approximate surface area is 174 Å². The summed E-state index contributed by atoms with van der Waals surface area (Å²) in [5.41, 5.74) is 6.28. The molecule has 6 heteroatoms. The monoisotopic (exact) mass is 401 g/mol. The first-order chi connectivity index (χ1) is 14.6. The number of aryl methyl sites for hydroxylation is 1. The summed E-state index contributed by atoms with van der Waals surface area (Å²) in [5, 5.41) is 6.50. The molecule has 0 unspecified atom stereocenters. The molecule has 0 spiro atoms. The summed E-state index contributed by atoms with van der Waals surface area (Å²) in [7, 11) is 3.08. The third kappa shape index (κ3) is 3.59. The Bertz CT molecular complexity index is 1240. The van der Waals surface area contributed by atoms with Gasteiger partial charge in [0.25, 0.3) is 5.91 Å². The number of nitrogens with zero attached hydrogens (tertiary/aromatic N) is 2. The van der Waals surface area contributed by atoms with Gasteiger partial charge in [0.2, 0.25) is 0 Å². The number of ether oxygens (including phenoxy) is 2. The smallest absolute Gasteiger partial charge is 0.271 e. The van der Waals surface area contributed by atoms with Crippen LogP contribution in [0.2, 0.25) is 0 Å². The van der Waals surface area contributed by atoms with Crippen molar-refractivity contribution in [1.82, 2.24) is 9.99 Å². The van der Waals surface area contributed by atoms with Crippen LogP contribution in [0.3, 0.4) is 0 Å². The van der Waals surface area contributed by atoms with Gasteiger partial charge in [0.15, 0.2) is 0 Å². The zero-order valence-electron chi connectivity index (χ0n) is 17.2. The molecule has 0 bridgehead atoms. The molecule has 0 radical (unpaired) electrons. The van der Waals surface area contributed by atoms with E-state index in [1.54, 1.807) is 38.6 Å². The molecule has 0 aliphatic rings. The van der Waals surface area contributed by atoms with Crippen LogP contribution in [-0.4, -0.2) is 30.9 Å². The van der Waals surface area contributed by atoms with Gasteiger partial charge < -0.3 is 14.0 Å². The molecule has 0 atom stereocenters. The van der Waals surface area contributed by atoms with E-state index in [0.29, 0.717) is 17.1 Å². The molecule has 0 aliphatic heterocycles. The zero-order chi connectivity index (χ0) is 21.1. The molecule has 3 aromatic carbocycles. The Morgan fingerprint density at radius 2 is 1.67 bits per heavy atom. The Morgan fingerprint density at radius 1 is 0.967 bits per heavy atom. The number of carbonyl (C=O) groups excluding carboxylic acids is 1. The number of amides is 1. The van der Waals surface area contributed by atoms with Crippen molar-refractivity contribution in [2.75, 3.05) is 14.2 Å². The summed E-state index contributed by atoms with van der Waals surface area (Å²) in [6.07, 6.45) is 1.65. The van der Waals surface area contributed by atoms with Gasteiger partial charge in [-0.15, -0.1) is 0 Å². The van der Waals surface area contributed by atoms with Crippen LogP contribution in [-0.2, 0) is 6.54 Å².